The van der Waals surface area contributed by atoms with Crippen molar-refractivity contribution in [3.8, 4) is 11.5 Å². The van der Waals surface area contributed by atoms with Crippen molar-refractivity contribution in [1.29, 1.82) is 0 Å². The first-order valence-corrected chi connectivity index (χ1v) is 11.1. The number of carbonyl (C=O) groups excluding carboxylic acids is 1. The Kier molecular flexibility index (Phi) is 6.13. The molecule has 6 heteroatoms. The van der Waals surface area contributed by atoms with E-state index in [1.807, 2.05) is 41.3 Å². The van der Waals surface area contributed by atoms with Gasteiger partial charge in [-0.15, -0.1) is 0 Å². The highest BCUT2D eigenvalue weighted by Gasteiger charge is 2.32. The van der Waals surface area contributed by atoms with E-state index < -0.39 is 0 Å². The lowest BCUT2D eigenvalue weighted by Gasteiger charge is -2.26. The van der Waals surface area contributed by atoms with Gasteiger partial charge in [0, 0.05) is 17.5 Å². The molecule has 2 heterocycles. The molecular formula is C24H26N2O3S. The van der Waals surface area contributed by atoms with Crippen molar-refractivity contribution < 1.29 is 14.3 Å². The molecule has 1 amide bonds. The predicted molar refractivity (Wildman–Crippen MR) is 120 cm³/mol. The molecule has 1 aliphatic rings. The van der Waals surface area contributed by atoms with Crippen LogP contribution in [-0.2, 0) is 4.79 Å². The van der Waals surface area contributed by atoms with E-state index in [2.05, 4.69) is 19.1 Å². The number of hydrogen-bond acceptors (Lipinski definition) is 5. The van der Waals surface area contributed by atoms with Crippen LogP contribution in [0.2, 0.25) is 0 Å². The van der Waals surface area contributed by atoms with Gasteiger partial charge in [0.2, 0.25) is 5.91 Å². The maximum atomic E-state index is 13.1. The van der Waals surface area contributed by atoms with Crippen molar-refractivity contribution in [3.63, 3.8) is 0 Å². The maximum absolute atomic E-state index is 13.1. The maximum Gasteiger partial charge on any atom is 0.233 e. The number of rotatable bonds is 6. The standard InChI is InChI=1S/C24H26N2O3S/c1-16-13-23(25-20-8-5-4-7-18(16)20)30-15-24(27)26-12-6-9-21(26)19-14-17(28-2)10-11-22(19)29-3/h4-5,7-8,10-11,13-14,21H,6,9,12,15H2,1-3H3/t21-/m0/s1. The molecule has 0 bridgehead atoms. The summed E-state index contributed by atoms with van der Waals surface area (Å²) in [5, 5.41) is 2.03. The van der Waals surface area contributed by atoms with Gasteiger partial charge in [-0.05, 0) is 55.7 Å². The molecule has 0 radical (unpaired) electrons. The molecule has 1 saturated heterocycles. The second-order valence-corrected chi connectivity index (χ2v) is 8.43. The van der Waals surface area contributed by atoms with Gasteiger partial charge in [-0.2, -0.15) is 0 Å². The Morgan fingerprint density at radius 3 is 2.80 bits per heavy atom. The summed E-state index contributed by atoms with van der Waals surface area (Å²) in [7, 11) is 3.31. The highest BCUT2D eigenvalue weighted by Crippen LogP contribution is 2.39. The molecule has 1 aliphatic heterocycles. The SMILES string of the molecule is COc1ccc(OC)c([C@@H]2CCCN2C(=O)CSc2cc(C)c3ccccc3n2)c1. The number of benzene rings is 2. The van der Waals surface area contributed by atoms with Gasteiger partial charge in [-0.1, -0.05) is 30.0 Å². The molecule has 0 N–H and O–H groups in total. The van der Waals surface area contributed by atoms with Crippen LogP contribution in [0.3, 0.4) is 0 Å². The number of ether oxygens (including phenoxy) is 2. The third-order valence-electron chi connectivity index (χ3n) is 5.61. The Labute approximate surface area is 181 Å². The minimum absolute atomic E-state index is 0.00875. The normalized spacial score (nSPS) is 16.1. The molecule has 3 aromatic rings. The molecule has 2 aromatic carbocycles. The van der Waals surface area contributed by atoms with Crippen molar-refractivity contribution >= 4 is 28.6 Å². The minimum Gasteiger partial charge on any atom is -0.497 e. The minimum atomic E-state index is 0.00875. The first kappa shape index (κ1) is 20.5. The van der Waals surface area contributed by atoms with Crippen molar-refractivity contribution in [1.82, 2.24) is 9.88 Å². The number of methoxy groups -OCH3 is 2. The van der Waals surface area contributed by atoms with Crippen LogP contribution in [0.1, 0.15) is 30.0 Å². The van der Waals surface area contributed by atoms with E-state index in [0.29, 0.717) is 5.75 Å². The van der Waals surface area contributed by atoms with E-state index in [-0.39, 0.29) is 11.9 Å². The average molecular weight is 423 g/mol. The summed E-state index contributed by atoms with van der Waals surface area (Å²) < 4.78 is 10.9. The van der Waals surface area contributed by atoms with Gasteiger partial charge in [-0.3, -0.25) is 4.79 Å². The van der Waals surface area contributed by atoms with Gasteiger partial charge in [0.05, 0.1) is 36.6 Å². The van der Waals surface area contributed by atoms with Crippen LogP contribution in [0, 0.1) is 6.92 Å². The second-order valence-electron chi connectivity index (χ2n) is 7.44. The molecule has 30 heavy (non-hydrogen) atoms. The number of para-hydroxylation sites is 1. The summed E-state index contributed by atoms with van der Waals surface area (Å²) in [4.78, 5) is 19.8. The number of amides is 1. The Morgan fingerprint density at radius 2 is 2.00 bits per heavy atom. The summed E-state index contributed by atoms with van der Waals surface area (Å²) in [6, 6.07) is 15.9. The van der Waals surface area contributed by atoms with Gasteiger partial charge in [0.25, 0.3) is 0 Å². The molecule has 1 fully saturated rings. The Morgan fingerprint density at radius 1 is 1.17 bits per heavy atom. The molecule has 0 saturated carbocycles. The zero-order chi connectivity index (χ0) is 21.1. The Bertz CT molecular complexity index is 1070. The summed E-state index contributed by atoms with van der Waals surface area (Å²) in [6.07, 6.45) is 1.90. The van der Waals surface area contributed by atoms with Gasteiger partial charge < -0.3 is 14.4 Å². The molecule has 5 nitrogen and oxygen atoms in total. The molecule has 4 rings (SSSR count). The van der Waals surface area contributed by atoms with Crippen LogP contribution in [0.4, 0.5) is 0 Å². The number of pyridine rings is 1. The third kappa shape index (κ3) is 4.10. The van der Waals surface area contributed by atoms with Crippen LogP contribution in [0.25, 0.3) is 10.9 Å². The quantitative estimate of drug-likeness (QED) is 0.522. The van der Waals surface area contributed by atoms with E-state index in [4.69, 9.17) is 14.5 Å². The van der Waals surface area contributed by atoms with Crippen LogP contribution >= 0.6 is 11.8 Å². The van der Waals surface area contributed by atoms with Crippen LogP contribution < -0.4 is 9.47 Å². The largest absolute Gasteiger partial charge is 0.497 e. The number of aryl methyl sites for hydroxylation is 1. The van der Waals surface area contributed by atoms with E-state index in [9.17, 15) is 4.79 Å². The number of fused-ring (bicyclic) bond motifs is 1. The van der Waals surface area contributed by atoms with Crippen molar-refractivity contribution in [3.05, 3.63) is 59.7 Å². The fourth-order valence-corrected chi connectivity index (χ4v) is 4.96. The van der Waals surface area contributed by atoms with Crippen molar-refractivity contribution in [2.24, 2.45) is 0 Å². The second kappa shape index (κ2) is 8.96. The first-order valence-electron chi connectivity index (χ1n) is 10.1. The summed E-state index contributed by atoms with van der Waals surface area (Å²) >= 11 is 1.50. The molecule has 1 atom stereocenters. The van der Waals surface area contributed by atoms with Crippen molar-refractivity contribution in [2.45, 2.75) is 30.8 Å². The molecule has 156 valence electrons. The Balaban J connectivity index is 1.51. The molecule has 0 unspecified atom stereocenters. The zero-order valence-corrected chi connectivity index (χ0v) is 18.4. The lowest BCUT2D eigenvalue weighted by Crippen LogP contribution is -2.32. The number of likely N-dealkylation sites (tertiary alicyclic amines) is 1. The molecular weight excluding hydrogens is 396 g/mol. The van der Waals surface area contributed by atoms with Crippen LogP contribution in [0.5, 0.6) is 11.5 Å². The summed E-state index contributed by atoms with van der Waals surface area (Å²) in [6.45, 7) is 2.84. The zero-order valence-electron chi connectivity index (χ0n) is 17.6. The predicted octanol–water partition coefficient (Wildman–Crippen LogP) is 5.02. The third-order valence-corrected chi connectivity index (χ3v) is 6.51. The lowest BCUT2D eigenvalue weighted by atomic mass is 10.0. The van der Waals surface area contributed by atoms with Gasteiger partial charge >= 0.3 is 0 Å². The van der Waals surface area contributed by atoms with E-state index in [1.165, 1.54) is 17.3 Å². The number of hydrogen-bond donors (Lipinski definition) is 0. The van der Waals surface area contributed by atoms with Gasteiger partial charge in [-0.25, -0.2) is 4.98 Å². The molecule has 0 aliphatic carbocycles. The van der Waals surface area contributed by atoms with E-state index in [0.717, 1.165) is 52.4 Å². The summed E-state index contributed by atoms with van der Waals surface area (Å²) in [5.41, 5.74) is 3.15. The monoisotopic (exact) mass is 422 g/mol. The number of thioether (sulfide) groups is 1. The van der Waals surface area contributed by atoms with Crippen molar-refractivity contribution in [2.75, 3.05) is 26.5 Å². The lowest BCUT2D eigenvalue weighted by molar-refractivity contribution is -0.129. The highest BCUT2D eigenvalue weighted by molar-refractivity contribution is 7.99. The van der Waals surface area contributed by atoms with Gasteiger partial charge in [0.15, 0.2) is 0 Å². The fraction of sp³-hybridized carbons (Fsp3) is 0.333. The summed E-state index contributed by atoms with van der Waals surface area (Å²) in [5.74, 6) is 2.06. The number of aromatic nitrogens is 1. The topological polar surface area (TPSA) is 51.7 Å². The molecule has 1 aromatic heterocycles. The fourth-order valence-electron chi connectivity index (χ4n) is 4.10. The average Bonchev–Trinajstić information content (AvgIpc) is 3.27. The van der Waals surface area contributed by atoms with E-state index >= 15 is 0 Å². The Hall–Kier alpha value is -2.73. The van der Waals surface area contributed by atoms with Gasteiger partial charge in [0.1, 0.15) is 11.5 Å². The molecule has 0 spiro atoms. The van der Waals surface area contributed by atoms with Crippen LogP contribution in [-0.4, -0.2) is 42.3 Å². The van der Waals surface area contributed by atoms with Crippen LogP contribution in [0.15, 0.2) is 53.6 Å². The first-order chi connectivity index (χ1) is 14.6. The highest BCUT2D eigenvalue weighted by atomic mass is 32.2. The smallest absolute Gasteiger partial charge is 0.233 e. The van der Waals surface area contributed by atoms with E-state index in [1.54, 1.807) is 14.2 Å². The number of nitrogens with zero attached hydrogens (tertiary/aromatic N) is 2. The number of carbonyl (C=O) groups is 1.